The zero-order chi connectivity index (χ0) is 7.68. The number of nitrogens with two attached hydrogens (primary N) is 1. The predicted octanol–water partition coefficient (Wildman–Crippen LogP) is 1.25. The van der Waals surface area contributed by atoms with E-state index in [4.69, 9.17) is 10.2 Å². The van der Waals surface area contributed by atoms with Crippen molar-refractivity contribution in [3.05, 3.63) is 24.7 Å². The van der Waals surface area contributed by atoms with E-state index in [1.807, 2.05) is 18.5 Å². The summed E-state index contributed by atoms with van der Waals surface area (Å²) < 4.78 is 5.07. The van der Waals surface area contributed by atoms with E-state index in [0.717, 1.165) is 5.56 Å². The van der Waals surface area contributed by atoms with Gasteiger partial charge in [0, 0.05) is 18.0 Å². The number of nitrogens with zero attached hydrogens (tertiary/aromatic N) is 1. The second kappa shape index (κ2) is 2.16. The van der Waals surface area contributed by atoms with Gasteiger partial charge in [-0.15, -0.1) is 0 Å². The molecular formula is C7H7N3O. The minimum Gasteiger partial charge on any atom is -0.424 e. The van der Waals surface area contributed by atoms with Gasteiger partial charge in [0.1, 0.15) is 0 Å². The topological polar surface area (TPSA) is 67.8 Å². The van der Waals surface area contributed by atoms with Gasteiger partial charge in [0.15, 0.2) is 5.76 Å². The molecular weight excluding hydrogens is 142 g/mol. The van der Waals surface area contributed by atoms with Gasteiger partial charge >= 0.3 is 0 Å². The van der Waals surface area contributed by atoms with E-state index in [-0.39, 0.29) is 6.01 Å². The van der Waals surface area contributed by atoms with Crippen LogP contribution in [0.5, 0.6) is 0 Å². The Hall–Kier alpha value is -1.71. The lowest BCUT2D eigenvalue weighted by molar-refractivity contribution is 0.595. The van der Waals surface area contributed by atoms with Crippen LogP contribution in [0, 0.1) is 0 Å². The molecule has 0 unspecified atom stereocenters. The minimum atomic E-state index is 0.196. The van der Waals surface area contributed by atoms with Crippen molar-refractivity contribution >= 4 is 6.01 Å². The number of oxazole rings is 1. The van der Waals surface area contributed by atoms with Crippen molar-refractivity contribution in [3.8, 4) is 11.3 Å². The molecule has 4 heteroatoms. The highest BCUT2D eigenvalue weighted by Crippen LogP contribution is 2.19. The van der Waals surface area contributed by atoms with Crippen LogP contribution in [0.3, 0.4) is 0 Å². The summed E-state index contributed by atoms with van der Waals surface area (Å²) in [4.78, 5) is 6.68. The van der Waals surface area contributed by atoms with Crippen LogP contribution < -0.4 is 5.73 Å². The third-order valence-electron chi connectivity index (χ3n) is 1.41. The molecule has 4 nitrogen and oxygen atoms in total. The van der Waals surface area contributed by atoms with E-state index in [1.165, 1.54) is 0 Å². The molecule has 0 aliphatic heterocycles. The van der Waals surface area contributed by atoms with Crippen molar-refractivity contribution in [1.29, 1.82) is 0 Å². The fourth-order valence-corrected chi connectivity index (χ4v) is 0.898. The Labute approximate surface area is 63.1 Å². The number of H-pyrrole nitrogens is 1. The number of nitrogen functional groups attached to an aromatic ring is 1. The summed E-state index contributed by atoms with van der Waals surface area (Å²) in [5, 5.41) is 0. The molecule has 0 aliphatic rings. The first-order chi connectivity index (χ1) is 5.36. The third kappa shape index (κ3) is 0.980. The Morgan fingerprint density at radius 1 is 1.55 bits per heavy atom. The van der Waals surface area contributed by atoms with E-state index in [9.17, 15) is 0 Å². The number of hydrogen-bond acceptors (Lipinski definition) is 3. The smallest absolute Gasteiger partial charge is 0.292 e. The number of nitrogens with one attached hydrogen (secondary N) is 1. The lowest BCUT2D eigenvalue weighted by Crippen LogP contribution is -1.79. The maximum Gasteiger partial charge on any atom is 0.292 e. The van der Waals surface area contributed by atoms with Crippen LogP contribution in [0.15, 0.2) is 29.1 Å². The van der Waals surface area contributed by atoms with Gasteiger partial charge in [-0.05, 0) is 6.07 Å². The van der Waals surface area contributed by atoms with Crippen molar-refractivity contribution in [3.63, 3.8) is 0 Å². The second-order valence-electron chi connectivity index (χ2n) is 2.16. The molecule has 0 bridgehead atoms. The van der Waals surface area contributed by atoms with Crippen LogP contribution in [0.4, 0.5) is 6.01 Å². The highest BCUT2D eigenvalue weighted by Gasteiger charge is 2.02. The van der Waals surface area contributed by atoms with Crippen molar-refractivity contribution in [1.82, 2.24) is 9.97 Å². The van der Waals surface area contributed by atoms with Crippen LogP contribution in [0.25, 0.3) is 11.3 Å². The zero-order valence-electron chi connectivity index (χ0n) is 5.74. The highest BCUT2D eigenvalue weighted by molar-refractivity contribution is 5.55. The Balaban J connectivity index is 2.45. The van der Waals surface area contributed by atoms with E-state index >= 15 is 0 Å². The van der Waals surface area contributed by atoms with Gasteiger partial charge in [-0.3, -0.25) is 0 Å². The molecule has 0 saturated heterocycles. The van der Waals surface area contributed by atoms with Gasteiger partial charge in [0.05, 0.1) is 6.20 Å². The molecule has 0 saturated carbocycles. The lowest BCUT2D eigenvalue weighted by atomic mass is 10.3. The van der Waals surface area contributed by atoms with Gasteiger partial charge in [0.25, 0.3) is 6.01 Å². The molecule has 0 amide bonds. The van der Waals surface area contributed by atoms with Crippen molar-refractivity contribution < 1.29 is 4.42 Å². The van der Waals surface area contributed by atoms with Gasteiger partial charge < -0.3 is 15.1 Å². The fourth-order valence-electron chi connectivity index (χ4n) is 0.898. The molecule has 0 aliphatic carbocycles. The van der Waals surface area contributed by atoms with Crippen LogP contribution in [0.1, 0.15) is 0 Å². The number of anilines is 1. The van der Waals surface area contributed by atoms with Crippen LogP contribution in [-0.4, -0.2) is 9.97 Å². The normalized spacial score (nSPS) is 10.2. The number of aromatic amines is 1. The quantitative estimate of drug-likeness (QED) is 0.641. The van der Waals surface area contributed by atoms with Crippen molar-refractivity contribution in [2.45, 2.75) is 0 Å². The molecule has 11 heavy (non-hydrogen) atoms. The van der Waals surface area contributed by atoms with E-state index in [2.05, 4.69) is 9.97 Å². The standard InChI is InChI=1S/C7H7N3O/c8-7-10-4-6(11-7)5-1-2-9-3-5/h1-4,9H,(H2,8,10). The molecule has 2 aromatic rings. The van der Waals surface area contributed by atoms with Gasteiger partial charge in [-0.25, -0.2) is 4.98 Å². The molecule has 2 heterocycles. The summed E-state index contributed by atoms with van der Waals surface area (Å²) in [5.74, 6) is 0.684. The average molecular weight is 149 g/mol. The van der Waals surface area contributed by atoms with Gasteiger partial charge in [0.2, 0.25) is 0 Å². The van der Waals surface area contributed by atoms with Crippen molar-refractivity contribution in [2.24, 2.45) is 0 Å². The first-order valence-corrected chi connectivity index (χ1v) is 3.21. The van der Waals surface area contributed by atoms with Gasteiger partial charge in [-0.1, -0.05) is 0 Å². The van der Waals surface area contributed by atoms with E-state index < -0.39 is 0 Å². The molecule has 0 radical (unpaired) electrons. The Bertz CT molecular complexity index is 336. The molecule has 0 fully saturated rings. The summed E-state index contributed by atoms with van der Waals surface area (Å²) in [6.07, 6.45) is 5.23. The number of aromatic nitrogens is 2. The summed E-state index contributed by atoms with van der Waals surface area (Å²) in [6.45, 7) is 0. The summed E-state index contributed by atoms with van der Waals surface area (Å²) in [7, 11) is 0. The van der Waals surface area contributed by atoms with Crippen LogP contribution in [0.2, 0.25) is 0 Å². The first kappa shape index (κ1) is 6.03. The summed E-state index contributed by atoms with van der Waals surface area (Å²) >= 11 is 0. The Kier molecular flexibility index (Phi) is 1.18. The van der Waals surface area contributed by atoms with E-state index in [1.54, 1.807) is 6.20 Å². The fraction of sp³-hybridized carbons (Fsp3) is 0. The monoisotopic (exact) mass is 149 g/mol. The molecule has 2 rings (SSSR count). The average Bonchev–Trinajstić information content (AvgIpc) is 2.55. The van der Waals surface area contributed by atoms with Crippen LogP contribution >= 0.6 is 0 Å². The maximum atomic E-state index is 5.30. The highest BCUT2D eigenvalue weighted by atomic mass is 16.4. The lowest BCUT2D eigenvalue weighted by Gasteiger charge is -1.85. The SMILES string of the molecule is Nc1ncc(-c2cc[nH]c2)o1. The predicted molar refractivity (Wildman–Crippen MR) is 40.7 cm³/mol. The zero-order valence-corrected chi connectivity index (χ0v) is 5.74. The molecule has 56 valence electrons. The van der Waals surface area contributed by atoms with Gasteiger partial charge in [-0.2, -0.15) is 0 Å². The Morgan fingerprint density at radius 2 is 2.45 bits per heavy atom. The number of hydrogen-bond donors (Lipinski definition) is 2. The molecule has 0 aromatic carbocycles. The van der Waals surface area contributed by atoms with E-state index in [0.29, 0.717) is 5.76 Å². The molecule has 0 atom stereocenters. The first-order valence-electron chi connectivity index (χ1n) is 3.21. The molecule has 3 N–H and O–H groups in total. The van der Waals surface area contributed by atoms with Crippen molar-refractivity contribution in [2.75, 3.05) is 5.73 Å². The second-order valence-corrected chi connectivity index (χ2v) is 2.16. The third-order valence-corrected chi connectivity index (χ3v) is 1.41. The summed E-state index contributed by atoms with van der Waals surface area (Å²) in [5.41, 5.74) is 6.25. The number of rotatable bonds is 1. The maximum absolute atomic E-state index is 5.30. The minimum absolute atomic E-state index is 0.196. The largest absolute Gasteiger partial charge is 0.424 e. The molecule has 0 spiro atoms. The molecule has 2 aromatic heterocycles. The Morgan fingerprint density at radius 3 is 3.00 bits per heavy atom. The summed E-state index contributed by atoms with van der Waals surface area (Å²) in [6, 6.07) is 2.08. The van der Waals surface area contributed by atoms with Crippen LogP contribution in [-0.2, 0) is 0 Å².